The molecular formula is C23H29F6N. The maximum Gasteiger partial charge on any atom is 0.200 e. The van der Waals surface area contributed by atoms with Crippen LogP contribution in [0.1, 0.15) is 58.8 Å². The normalized spacial score (nSPS) is 10.7. The van der Waals surface area contributed by atoms with E-state index in [0.29, 0.717) is 0 Å². The second-order valence-corrected chi connectivity index (χ2v) is 6.90. The Morgan fingerprint density at radius 1 is 0.633 bits per heavy atom. The molecule has 0 unspecified atom stereocenters. The first-order valence-electron chi connectivity index (χ1n) is 10.3. The van der Waals surface area contributed by atoms with Crippen LogP contribution in [-0.2, 0) is 0 Å². The van der Waals surface area contributed by atoms with Crippen LogP contribution in [0.3, 0.4) is 0 Å². The number of hydrogen-bond donors (Lipinski definition) is 1. The molecule has 0 heterocycles. The number of hydrogen-bond acceptors (Lipinski definition) is 1. The minimum atomic E-state index is -2.27. The molecule has 2 aromatic rings. The molecule has 0 amide bonds. The third kappa shape index (κ3) is 7.67. The fourth-order valence-electron chi connectivity index (χ4n) is 2.89. The highest BCUT2D eigenvalue weighted by Gasteiger charge is 2.27. The summed E-state index contributed by atoms with van der Waals surface area (Å²) in [5.74, 6) is -11.7. The minimum absolute atomic E-state index is 0.690. The highest BCUT2D eigenvalue weighted by atomic mass is 19.2. The highest BCUT2D eigenvalue weighted by Crippen LogP contribution is 2.32. The summed E-state index contributed by atoms with van der Waals surface area (Å²) in [5, 5.41) is 3.35. The zero-order chi connectivity index (χ0) is 22.5. The van der Waals surface area contributed by atoms with Gasteiger partial charge >= 0.3 is 0 Å². The van der Waals surface area contributed by atoms with Crippen LogP contribution in [-0.4, -0.2) is 13.1 Å². The SMILES string of the molecule is CCCCCCCCCNCC.Fc1ccccc1-c1c(F)c(F)c(F)c(F)c1F. The van der Waals surface area contributed by atoms with E-state index in [2.05, 4.69) is 19.2 Å². The van der Waals surface area contributed by atoms with Gasteiger partial charge in [0.2, 0.25) is 5.82 Å². The lowest BCUT2D eigenvalue weighted by Crippen LogP contribution is -2.13. The Hall–Kier alpha value is -2.02. The van der Waals surface area contributed by atoms with Gasteiger partial charge in [-0.05, 0) is 25.6 Å². The molecule has 0 bridgehead atoms. The van der Waals surface area contributed by atoms with E-state index in [0.717, 1.165) is 18.7 Å². The Labute approximate surface area is 174 Å². The van der Waals surface area contributed by atoms with Crippen molar-refractivity contribution in [1.82, 2.24) is 5.32 Å². The maximum atomic E-state index is 13.4. The van der Waals surface area contributed by atoms with Crippen molar-refractivity contribution in [2.75, 3.05) is 13.1 Å². The Bertz CT molecular complexity index is 740. The van der Waals surface area contributed by atoms with E-state index in [9.17, 15) is 26.3 Å². The average molecular weight is 433 g/mol. The van der Waals surface area contributed by atoms with Crippen LogP contribution in [0.15, 0.2) is 24.3 Å². The van der Waals surface area contributed by atoms with E-state index < -0.39 is 46.0 Å². The Balaban J connectivity index is 0.000000329. The first kappa shape index (κ1) is 26.0. The molecule has 168 valence electrons. The van der Waals surface area contributed by atoms with Gasteiger partial charge in [0, 0.05) is 5.56 Å². The van der Waals surface area contributed by atoms with Crippen LogP contribution >= 0.6 is 0 Å². The van der Waals surface area contributed by atoms with Gasteiger partial charge in [0.25, 0.3) is 0 Å². The maximum absolute atomic E-state index is 13.4. The third-order valence-corrected chi connectivity index (χ3v) is 4.56. The van der Waals surface area contributed by atoms with Crippen LogP contribution in [0.25, 0.3) is 11.1 Å². The fraction of sp³-hybridized carbons (Fsp3) is 0.478. The molecule has 0 aromatic heterocycles. The lowest BCUT2D eigenvalue weighted by molar-refractivity contribution is 0.381. The third-order valence-electron chi connectivity index (χ3n) is 4.56. The van der Waals surface area contributed by atoms with Gasteiger partial charge in [0.15, 0.2) is 23.3 Å². The Kier molecular flexibility index (Phi) is 12.2. The van der Waals surface area contributed by atoms with E-state index in [-0.39, 0.29) is 0 Å². The number of benzene rings is 2. The lowest BCUT2D eigenvalue weighted by atomic mass is 10.0. The molecule has 0 fully saturated rings. The van der Waals surface area contributed by atoms with Crippen LogP contribution in [0, 0.1) is 34.9 Å². The topological polar surface area (TPSA) is 12.0 Å². The van der Waals surface area contributed by atoms with E-state index in [1.807, 2.05) is 0 Å². The largest absolute Gasteiger partial charge is 0.317 e. The monoisotopic (exact) mass is 433 g/mol. The van der Waals surface area contributed by atoms with Gasteiger partial charge in [0.05, 0.1) is 5.56 Å². The van der Waals surface area contributed by atoms with Crippen molar-refractivity contribution in [2.45, 2.75) is 58.8 Å². The van der Waals surface area contributed by atoms with Crippen molar-refractivity contribution in [2.24, 2.45) is 0 Å². The molecule has 1 nitrogen and oxygen atoms in total. The van der Waals surface area contributed by atoms with Gasteiger partial charge in [-0.15, -0.1) is 0 Å². The predicted molar refractivity (Wildman–Crippen MR) is 108 cm³/mol. The number of nitrogens with one attached hydrogen (secondary N) is 1. The summed E-state index contributed by atoms with van der Waals surface area (Å²) < 4.78 is 78.8. The molecule has 0 saturated carbocycles. The number of halogens is 6. The van der Waals surface area contributed by atoms with Gasteiger partial charge in [-0.1, -0.05) is 70.6 Å². The van der Waals surface area contributed by atoms with Crippen molar-refractivity contribution >= 4 is 0 Å². The zero-order valence-corrected chi connectivity index (χ0v) is 17.4. The summed E-state index contributed by atoms with van der Waals surface area (Å²) in [7, 11) is 0. The van der Waals surface area contributed by atoms with Gasteiger partial charge < -0.3 is 5.32 Å². The quantitative estimate of drug-likeness (QED) is 0.177. The van der Waals surface area contributed by atoms with Gasteiger partial charge in [-0.2, -0.15) is 0 Å². The highest BCUT2D eigenvalue weighted by molar-refractivity contribution is 5.65. The summed E-state index contributed by atoms with van der Waals surface area (Å²) in [6.07, 6.45) is 9.88. The summed E-state index contributed by atoms with van der Waals surface area (Å²) >= 11 is 0. The Morgan fingerprint density at radius 2 is 1.13 bits per heavy atom. The van der Waals surface area contributed by atoms with E-state index >= 15 is 0 Å². The number of rotatable bonds is 10. The molecule has 0 aliphatic carbocycles. The zero-order valence-electron chi connectivity index (χ0n) is 17.4. The molecule has 0 aliphatic heterocycles. The van der Waals surface area contributed by atoms with Crippen LogP contribution < -0.4 is 5.32 Å². The smallest absolute Gasteiger partial charge is 0.200 e. The molecule has 0 saturated heterocycles. The summed E-state index contributed by atoms with van der Waals surface area (Å²) in [6, 6.07) is 4.22. The molecule has 1 N–H and O–H groups in total. The molecule has 2 aromatic carbocycles. The molecule has 2 rings (SSSR count). The predicted octanol–water partition coefficient (Wildman–Crippen LogP) is 7.53. The standard InChI is InChI=1S/C12H4F6.C11H25N/c13-6-4-2-1-3-5(6)7-8(14)10(16)12(18)11(17)9(7)15;1-3-5-6-7-8-9-10-11-12-4-2/h1-4H;12H,3-11H2,1-2H3. The molecular weight excluding hydrogens is 404 g/mol. The van der Waals surface area contributed by atoms with Crippen molar-refractivity contribution in [3.63, 3.8) is 0 Å². The summed E-state index contributed by atoms with van der Waals surface area (Å²) in [4.78, 5) is 0. The van der Waals surface area contributed by atoms with E-state index in [4.69, 9.17) is 0 Å². The van der Waals surface area contributed by atoms with Crippen molar-refractivity contribution in [3.8, 4) is 11.1 Å². The van der Waals surface area contributed by atoms with E-state index in [1.165, 1.54) is 63.6 Å². The van der Waals surface area contributed by atoms with E-state index in [1.54, 1.807) is 0 Å². The first-order chi connectivity index (χ1) is 14.4. The first-order valence-corrected chi connectivity index (χ1v) is 10.3. The second kappa shape index (κ2) is 14.1. The molecule has 0 radical (unpaired) electrons. The van der Waals surface area contributed by atoms with Gasteiger partial charge in [0.1, 0.15) is 5.82 Å². The minimum Gasteiger partial charge on any atom is -0.317 e. The van der Waals surface area contributed by atoms with Crippen LogP contribution in [0.2, 0.25) is 0 Å². The second-order valence-electron chi connectivity index (χ2n) is 6.90. The van der Waals surface area contributed by atoms with Crippen molar-refractivity contribution in [3.05, 3.63) is 59.2 Å². The van der Waals surface area contributed by atoms with Crippen molar-refractivity contribution in [1.29, 1.82) is 0 Å². The van der Waals surface area contributed by atoms with Crippen molar-refractivity contribution < 1.29 is 26.3 Å². The van der Waals surface area contributed by atoms with Crippen LogP contribution in [0.5, 0.6) is 0 Å². The van der Waals surface area contributed by atoms with Gasteiger partial charge in [-0.3, -0.25) is 0 Å². The average Bonchev–Trinajstić information content (AvgIpc) is 2.75. The van der Waals surface area contributed by atoms with Crippen LogP contribution in [0.4, 0.5) is 26.3 Å². The number of unbranched alkanes of at least 4 members (excludes halogenated alkanes) is 6. The van der Waals surface area contributed by atoms with Gasteiger partial charge in [-0.25, -0.2) is 26.3 Å². The molecule has 0 aliphatic rings. The molecule has 0 spiro atoms. The summed E-state index contributed by atoms with van der Waals surface area (Å²) in [5.41, 5.74) is -1.96. The molecule has 7 heteroatoms. The summed E-state index contributed by atoms with van der Waals surface area (Å²) in [6.45, 7) is 6.77. The lowest BCUT2D eigenvalue weighted by Gasteiger charge is -2.08. The Morgan fingerprint density at radius 3 is 1.67 bits per heavy atom. The fourth-order valence-corrected chi connectivity index (χ4v) is 2.89. The molecule has 30 heavy (non-hydrogen) atoms. The molecule has 0 atom stereocenters.